The first-order valence-corrected chi connectivity index (χ1v) is 5.50. The molecule has 0 aliphatic carbocycles. The van der Waals surface area contributed by atoms with Crippen LogP contribution in [-0.4, -0.2) is 9.55 Å². The van der Waals surface area contributed by atoms with Crippen molar-refractivity contribution in [2.75, 3.05) is 0 Å². The number of imidazole rings is 1. The Morgan fingerprint density at radius 2 is 2.00 bits per heavy atom. The van der Waals surface area contributed by atoms with Crippen molar-refractivity contribution >= 4 is 11.0 Å². The summed E-state index contributed by atoms with van der Waals surface area (Å²) in [6.45, 7) is 6.62. The molecule has 0 atom stereocenters. The largest absolute Gasteiger partial charge is 0.314 e. The van der Waals surface area contributed by atoms with Crippen molar-refractivity contribution in [3.63, 3.8) is 0 Å². The third kappa shape index (κ3) is 1.57. The van der Waals surface area contributed by atoms with Gasteiger partial charge in [0.05, 0.1) is 17.1 Å². The second-order valence-electron chi connectivity index (χ2n) is 4.05. The van der Waals surface area contributed by atoms with Crippen molar-refractivity contribution < 1.29 is 0 Å². The van der Waals surface area contributed by atoms with Gasteiger partial charge in [0.15, 0.2) is 0 Å². The summed E-state index contributed by atoms with van der Waals surface area (Å²) < 4.78 is 2.00. The summed E-state index contributed by atoms with van der Waals surface area (Å²) >= 11 is 0. The zero-order valence-electron chi connectivity index (χ0n) is 9.91. The van der Waals surface area contributed by atoms with Gasteiger partial charge in [-0.05, 0) is 37.1 Å². The standard InChI is InChI=1S/C13H15N3/c1-4-13-15-11-7-9(2)10(3)8-12(11)16(13)6-5-14/h7-8H,4,6H2,1-3H3. The van der Waals surface area contributed by atoms with Crippen LogP contribution in [0.25, 0.3) is 11.0 Å². The second-order valence-corrected chi connectivity index (χ2v) is 4.05. The van der Waals surface area contributed by atoms with Gasteiger partial charge in [-0.15, -0.1) is 0 Å². The predicted octanol–water partition coefficient (Wildman–Crippen LogP) is 2.74. The Bertz CT molecular complexity index is 573. The molecular weight excluding hydrogens is 198 g/mol. The van der Waals surface area contributed by atoms with E-state index in [4.69, 9.17) is 5.26 Å². The molecule has 0 spiro atoms. The van der Waals surface area contributed by atoms with E-state index in [2.05, 4.69) is 44.0 Å². The maximum atomic E-state index is 8.84. The Morgan fingerprint density at radius 3 is 2.62 bits per heavy atom. The van der Waals surface area contributed by atoms with Gasteiger partial charge in [0.1, 0.15) is 12.4 Å². The van der Waals surface area contributed by atoms with Gasteiger partial charge < -0.3 is 4.57 Å². The van der Waals surface area contributed by atoms with Crippen LogP contribution < -0.4 is 0 Å². The van der Waals surface area contributed by atoms with Gasteiger partial charge in [-0.2, -0.15) is 5.26 Å². The van der Waals surface area contributed by atoms with Crippen LogP contribution in [0.1, 0.15) is 23.9 Å². The average molecular weight is 213 g/mol. The fourth-order valence-electron chi connectivity index (χ4n) is 1.95. The van der Waals surface area contributed by atoms with Gasteiger partial charge in [-0.3, -0.25) is 0 Å². The van der Waals surface area contributed by atoms with E-state index in [1.54, 1.807) is 0 Å². The predicted molar refractivity (Wildman–Crippen MR) is 64.2 cm³/mol. The molecule has 0 fully saturated rings. The van der Waals surface area contributed by atoms with E-state index in [0.29, 0.717) is 6.54 Å². The fourth-order valence-corrected chi connectivity index (χ4v) is 1.95. The second kappa shape index (κ2) is 3.97. The van der Waals surface area contributed by atoms with Gasteiger partial charge in [0.25, 0.3) is 0 Å². The molecule has 2 rings (SSSR count). The van der Waals surface area contributed by atoms with E-state index in [0.717, 1.165) is 23.3 Å². The average Bonchev–Trinajstić information content (AvgIpc) is 2.58. The highest BCUT2D eigenvalue weighted by atomic mass is 15.1. The number of aryl methyl sites for hydroxylation is 3. The number of rotatable bonds is 2. The van der Waals surface area contributed by atoms with Gasteiger partial charge in [-0.1, -0.05) is 6.92 Å². The summed E-state index contributed by atoms with van der Waals surface area (Å²) in [5, 5.41) is 8.84. The molecule has 3 heteroatoms. The number of hydrogen-bond donors (Lipinski definition) is 0. The van der Waals surface area contributed by atoms with E-state index < -0.39 is 0 Å². The first-order chi connectivity index (χ1) is 7.67. The lowest BCUT2D eigenvalue weighted by molar-refractivity contribution is 0.776. The summed E-state index contributed by atoms with van der Waals surface area (Å²) in [4.78, 5) is 4.56. The number of aromatic nitrogens is 2. The number of fused-ring (bicyclic) bond motifs is 1. The number of nitriles is 1. The highest BCUT2D eigenvalue weighted by Gasteiger charge is 2.09. The summed E-state index contributed by atoms with van der Waals surface area (Å²) in [6.07, 6.45) is 0.856. The van der Waals surface area contributed by atoms with Gasteiger partial charge in [0.2, 0.25) is 0 Å². The zero-order chi connectivity index (χ0) is 11.7. The third-order valence-electron chi connectivity index (χ3n) is 2.99. The van der Waals surface area contributed by atoms with Crippen molar-refractivity contribution in [2.45, 2.75) is 33.7 Å². The monoisotopic (exact) mass is 213 g/mol. The van der Waals surface area contributed by atoms with E-state index in [1.807, 2.05) is 4.57 Å². The molecule has 1 heterocycles. The minimum atomic E-state index is 0.377. The minimum Gasteiger partial charge on any atom is -0.314 e. The van der Waals surface area contributed by atoms with E-state index >= 15 is 0 Å². The molecule has 3 nitrogen and oxygen atoms in total. The van der Waals surface area contributed by atoms with Crippen molar-refractivity contribution in [2.24, 2.45) is 0 Å². The fraction of sp³-hybridized carbons (Fsp3) is 0.385. The lowest BCUT2D eigenvalue weighted by atomic mass is 10.1. The molecule has 82 valence electrons. The lowest BCUT2D eigenvalue weighted by Gasteiger charge is -2.03. The molecule has 0 amide bonds. The lowest BCUT2D eigenvalue weighted by Crippen LogP contribution is -2.01. The third-order valence-corrected chi connectivity index (χ3v) is 2.99. The molecule has 1 aromatic carbocycles. The smallest absolute Gasteiger partial charge is 0.111 e. The van der Waals surface area contributed by atoms with Crippen LogP contribution >= 0.6 is 0 Å². The quantitative estimate of drug-likeness (QED) is 0.769. The zero-order valence-corrected chi connectivity index (χ0v) is 9.91. The molecule has 0 saturated heterocycles. The van der Waals surface area contributed by atoms with Crippen molar-refractivity contribution in [3.05, 3.63) is 29.1 Å². The molecule has 0 N–H and O–H groups in total. The van der Waals surface area contributed by atoms with Crippen LogP contribution in [0.15, 0.2) is 12.1 Å². The first-order valence-electron chi connectivity index (χ1n) is 5.50. The topological polar surface area (TPSA) is 41.6 Å². The Hall–Kier alpha value is -1.82. The van der Waals surface area contributed by atoms with Crippen molar-refractivity contribution in [3.8, 4) is 6.07 Å². The van der Waals surface area contributed by atoms with E-state index in [9.17, 15) is 0 Å². The normalized spacial score (nSPS) is 10.6. The molecule has 2 aromatic rings. The van der Waals surface area contributed by atoms with Crippen LogP contribution in [0.3, 0.4) is 0 Å². The molecule has 0 radical (unpaired) electrons. The Labute approximate surface area is 95.3 Å². The molecule has 0 bridgehead atoms. The first kappa shape index (κ1) is 10.7. The van der Waals surface area contributed by atoms with Crippen LogP contribution in [-0.2, 0) is 13.0 Å². The maximum absolute atomic E-state index is 8.84. The van der Waals surface area contributed by atoms with Gasteiger partial charge >= 0.3 is 0 Å². The molecule has 0 saturated carbocycles. The van der Waals surface area contributed by atoms with Gasteiger partial charge in [0, 0.05) is 6.42 Å². The van der Waals surface area contributed by atoms with Crippen LogP contribution in [0.4, 0.5) is 0 Å². The summed E-state index contributed by atoms with van der Waals surface area (Å²) in [5.41, 5.74) is 4.56. The molecule has 0 unspecified atom stereocenters. The summed E-state index contributed by atoms with van der Waals surface area (Å²) in [5.74, 6) is 0.988. The molecule has 0 aliphatic heterocycles. The summed E-state index contributed by atoms with van der Waals surface area (Å²) in [7, 11) is 0. The highest BCUT2D eigenvalue weighted by Crippen LogP contribution is 2.20. The maximum Gasteiger partial charge on any atom is 0.111 e. The Kier molecular flexibility index (Phi) is 2.66. The Morgan fingerprint density at radius 1 is 1.31 bits per heavy atom. The number of benzene rings is 1. The minimum absolute atomic E-state index is 0.377. The highest BCUT2D eigenvalue weighted by molar-refractivity contribution is 5.78. The van der Waals surface area contributed by atoms with Crippen LogP contribution in [0.5, 0.6) is 0 Å². The summed E-state index contributed by atoms with van der Waals surface area (Å²) in [6, 6.07) is 6.41. The van der Waals surface area contributed by atoms with Crippen molar-refractivity contribution in [1.29, 1.82) is 5.26 Å². The molecule has 1 aromatic heterocycles. The molecule has 0 aliphatic rings. The SMILES string of the molecule is CCc1nc2cc(C)c(C)cc2n1CC#N. The van der Waals surface area contributed by atoms with Crippen LogP contribution in [0.2, 0.25) is 0 Å². The van der Waals surface area contributed by atoms with Gasteiger partial charge in [-0.25, -0.2) is 4.98 Å². The number of nitrogens with zero attached hydrogens (tertiary/aromatic N) is 3. The number of hydrogen-bond acceptors (Lipinski definition) is 2. The van der Waals surface area contributed by atoms with E-state index in [-0.39, 0.29) is 0 Å². The van der Waals surface area contributed by atoms with E-state index in [1.165, 1.54) is 11.1 Å². The molecule has 16 heavy (non-hydrogen) atoms. The molecular formula is C13H15N3. The Balaban J connectivity index is 2.75. The van der Waals surface area contributed by atoms with Crippen molar-refractivity contribution in [1.82, 2.24) is 9.55 Å². The van der Waals surface area contributed by atoms with Crippen LogP contribution in [0, 0.1) is 25.2 Å².